The van der Waals surface area contributed by atoms with Gasteiger partial charge in [-0.1, -0.05) is 18.2 Å². The van der Waals surface area contributed by atoms with Gasteiger partial charge in [-0.15, -0.1) is 0 Å². The van der Waals surface area contributed by atoms with Gasteiger partial charge >= 0.3 is 6.18 Å². The van der Waals surface area contributed by atoms with Crippen molar-refractivity contribution in [3.63, 3.8) is 0 Å². The van der Waals surface area contributed by atoms with Crippen LogP contribution in [0.5, 0.6) is 0 Å². The minimum atomic E-state index is -4.38. The molecule has 0 fully saturated rings. The van der Waals surface area contributed by atoms with Crippen molar-refractivity contribution < 1.29 is 22.7 Å². The molecule has 1 N–H and O–H groups in total. The summed E-state index contributed by atoms with van der Waals surface area (Å²) in [4.78, 5) is 11.7. The first-order chi connectivity index (χ1) is 9.18. The fourth-order valence-corrected chi connectivity index (χ4v) is 1.63. The number of carbonyl (C=O) groups excluding carboxylic acids is 1. The van der Waals surface area contributed by atoms with E-state index in [1.54, 1.807) is 19.9 Å². The van der Waals surface area contributed by atoms with Gasteiger partial charge in [-0.2, -0.15) is 13.2 Å². The Labute approximate surface area is 116 Å². The van der Waals surface area contributed by atoms with E-state index in [0.29, 0.717) is 0 Å². The molecule has 0 radical (unpaired) electrons. The highest BCUT2D eigenvalue weighted by Crippen LogP contribution is 2.31. The van der Waals surface area contributed by atoms with Gasteiger partial charge in [0.15, 0.2) is 0 Å². The van der Waals surface area contributed by atoms with Crippen molar-refractivity contribution >= 4 is 5.91 Å². The van der Waals surface area contributed by atoms with Crippen molar-refractivity contribution in [2.24, 2.45) is 0 Å². The summed E-state index contributed by atoms with van der Waals surface area (Å²) < 4.78 is 43.3. The first-order valence-electron chi connectivity index (χ1n) is 6.17. The first-order valence-corrected chi connectivity index (χ1v) is 6.17. The lowest BCUT2D eigenvalue weighted by atomic mass is 10.0. The van der Waals surface area contributed by atoms with E-state index in [2.05, 4.69) is 5.32 Å². The molecule has 0 unspecified atom stereocenters. The molecule has 6 heteroatoms. The number of alkyl halides is 3. The summed E-state index contributed by atoms with van der Waals surface area (Å²) in [7, 11) is 1.40. The Balaban J connectivity index is 2.66. The fourth-order valence-electron chi connectivity index (χ4n) is 1.63. The molecule has 0 saturated carbocycles. The summed E-state index contributed by atoms with van der Waals surface area (Å²) >= 11 is 0. The average Bonchev–Trinajstić information content (AvgIpc) is 2.38. The normalized spacial score (nSPS) is 12.3. The minimum Gasteiger partial charge on any atom is -0.369 e. The van der Waals surface area contributed by atoms with Crippen LogP contribution in [-0.4, -0.2) is 25.2 Å². The number of hydrogen-bond acceptors (Lipinski definition) is 2. The second kappa shape index (κ2) is 6.26. The van der Waals surface area contributed by atoms with E-state index in [-0.39, 0.29) is 24.4 Å². The largest absolute Gasteiger partial charge is 0.416 e. The van der Waals surface area contributed by atoms with E-state index < -0.39 is 17.3 Å². The number of amides is 1. The monoisotopic (exact) mass is 289 g/mol. The molecule has 0 aromatic heterocycles. The number of carbonyl (C=O) groups is 1. The topological polar surface area (TPSA) is 38.3 Å². The molecule has 0 atom stereocenters. The Kier molecular flexibility index (Phi) is 5.16. The second-order valence-corrected chi connectivity index (χ2v) is 4.88. The van der Waals surface area contributed by atoms with E-state index in [9.17, 15) is 18.0 Å². The maximum atomic E-state index is 12.8. The molecule has 0 saturated heterocycles. The predicted octanol–water partition coefficient (Wildman–Crippen LogP) is 2.79. The van der Waals surface area contributed by atoms with E-state index in [4.69, 9.17) is 4.74 Å². The molecule has 20 heavy (non-hydrogen) atoms. The molecule has 0 heterocycles. The van der Waals surface area contributed by atoms with Crippen LogP contribution < -0.4 is 5.32 Å². The molecule has 1 amide bonds. The van der Waals surface area contributed by atoms with Crippen LogP contribution in [-0.2, 0) is 22.1 Å². The molecule has 3 nitrogen and oxygen atoms in total. The van der Waals surface area contributed by atoms with E-state index in [0.717, 1.165) is 6.07 Å². The van der Waals surface area contributed by atoms with Crippen molar-refractivity contribution in [2.75, 3.05) is 13.7 Å². The zero-order chi connectivity index (χ0) is 15.4. The second-order valence-electron chi connectivity index (χ2n) is 4.88. The molecule has 0 aliphatic heterocycles. The number of nitrogens with one attached hydrogen (secondary N) is 1. The van der Waals surface area contributed by atoms with Crippen molar-refractivity contribution in [1.29, 1.82) is 0 Å². The van der Waals surface area contributed by atoms with Gasteiger partial charge in [0.25, 0.3) is 5.91 Å². The summed E-state index contributed by atoms with van der Waals surface area (Å²) in [6.45, 7) is 3.30. The Hall–Kier alpha value is -1.56. The summed E-state index contributed by atoms with van der Waals surface area (Å²) in [6.07, 6.45) is -4.27. The van der Waals surface area contributed by atoms with Crippen LogP contribution in [0, 0.1) is 0 Å². The van der Waals surface area contributed by atoms with Crippen LogP contribution in [0.4, 0.5) is 13.2 Å². The lowest BCUT2D eigenvalue weighted by Gasteiger charge is -2.22. The molecular formula is C14H18F3NO2. The van der Waals surface area contributed by atoms with E-state index in [1.807, 2.05) is 0 Å². The summed E-state index contributed by atoms with van der Waals surface area (Å²) in [5, 5.41) is 2.57. The number of ether oxygens (including phenoxy) is 1. The van der Waals surface area contributed by atoms with Gasteiger partial charge in [-0.05, 0) is 31.9 Å². The van der Waals surface area contributed by atoms with Gasteiger partial charge < -0.3 is 10.1 Å². The minimum absolute atomic E-state index is 0.112. The van der Waals surface area contributed by atoms with Gasteiger partial charge in [-0.3, -0.25) is 4.79 Å². The number of benzene rings is 1. The van der Waals surface area contributed by atoms with Crippen LogP contribution in [0.3, 0.4) is 0 Å². The zero-order valence-corrected chi connectivity index (χ0v) is 11.7. The summed E-state index contributed by atoms with van der Waals surface area (Å²) in [5.41, 5.74) is -1.50. The van der Waals surface area contributed by atoms with Gasteiger partial charge in [0.2, 0.25) is 0 Å². The number of methoxy groups -OCH3 is 1. The third kappa shape index (κ3) is 4.23. The Morgan fingerprint density at radius 3 is 2.40 bits per heavy atom. The van der Waals surface area contributed by atoms with Crippen molar-refractivity contribution in [2.45, 2.75) is 32.0 Å². The molecule has 1 rings (SSSR count). The standard InChI is InChI=1S/C14H18F3NO2/c1-13(2,20-3)12(19)18-9-8-10-6-4-5-7-11(10)14(15,16)17/h4-7H,8-9H2,1-3H3,(H,18,19). The average molecular weight is 289 g/mol. The van der Waals surface area contributed by atoms with Crippen molar-refractivity contribution in [3.8, 4) is 0 Å². The van der Waals surface area contributed by atoms with E-state index in [1.165, 1.54) is 19.2 Å². The maximum absolute atomic E-state index is 12.8. The Bertz CT molecular complexity index is 470. The summed E-state index contributed by atoms with van der Waals surface area (Å²) in [6, 6.07) is 5.34. The van der Waals surface area contributed by atoms with Gasteiger partial charge in [0.05, 0.1) is 5.56 Å². The van der Waals surface area contributed by atoms with Gasteiger partial charge in [-0.25, -0.2) is 0 Å². The number of rotatable bonds is 5. The highest BCUT2D eigenvalue weighted by molar-refractivity contribution is 5.84. The smallest absolute Gasteiger partial charge is 0.369 e. The van der Waals surface area contributed by atoms with Crippen LogP contribution in [0.25, 0.3) is 0 Å². The molecule has 1 aromatic carbocycles. The number of halogens is 3. The fraction of sp³-hybridized carbons (Fsp3) is 0.500. The van der Waals surface area contributed by atoms with Crippen LogP contribution in [0.2, 0.25) is 0 Å². The summed E-state index contributed by atoms with van der Waals surface area (Å²) in [5.74, 6) is -0.357. The zero-order valence-electron chi connectivity index (χ0n) is 11.7. The highest BCUT2D eigenvalue weighted by Gasteiger charge is 2.33. The molecule has 0 bridgehead atoms. The van der Waals surface area contributed by atoms with Gasteiger partial charge in [0.1, 0.15) is 5.60 Å². The number of hydrogen-bond donors (Lipinski definition) is 1. The van der Waals surface area contributed by atoms with Crippen LogP contribution in [0.15, 0.2) is 24.3 Å². The third-order valence-electron chi connectivity index (χ3n) is 3.06. The molecule has 0 spiro atoms. The molecule has 112 valence electrons. The lowest BCUT2D eigenvalue weighted by Crippen LogP contribution is -2.44. The first kappa shape index (κ1) is 16.5. The highest BCUT2D eigenvalue weighted by atomic mass is 19.4. The van der Waals surface area contributed by atoms with E-state index >= 15 is 0 Å². The van der Waals surface area contributed by atoms with Crippen molar-refractivity contribution in [1.82, 2.24) is 5.32 Å². The molecular weight excluding hydrogens is 271 g/mol. The third-order valence-corrected chi connectivity index (χ3v) is 3.06. The maximum Gasteiger partial charge on any atom is 0.416 e. The predicted molar refractivity (Wildman–Crippen MR) is 69.2 cm³/mol. The SMILES string of the molecule is COC(C)(C)C(=O)NCCc1ccccc1C(F)(F)F. The Morgan fingerprint density at radius 1 is 1.25 bits per heavy atom. The quantitative estimate of drug-likeness (QED) is 0.905. The van der Waals surface area contributed by atoms with Crippen LogP contribution >= 0.6 is 0 Å². The molecule has 1 aromatic rings. The van der Waals surface area contributed by atoms with Crippen molar-refractivity contribution in [3.05, 3.63) is 35.4 Å². The lowest BCUT2D eigenvalue weighted by molar-refractivity contribution is -0.139. The Morgan fingerprint density at radius 2 is 1.85 bits per heavy atom. The van der Waals surface area contributed by atoms with Crippen LogP contribution in [0.1, 0.15) is 25.0 Å². The van der Waals surface area contributed by atoms with Gasteiger partial charge in [0, 0.05) is 13.7 Å². The molecule has 0 aliphatic rings. The molecule has 0 aliphatic carbocycles.